The maximum Gasteiger partial charge on any atom is 0.353 e. The molecule has 10 heteroatoms. The standard InChI is InChI=1S/C21H20N6O4/c28-21(29)15-6-8-16(9-7-15)24-19-18(27(30)31)20(23-14-22-19)26-12-10-25(11-13-26)17-4-2-1-3-5-17/h1-9,14H,10-13H2,(H,28,29)(H,22,23,24). The first-order valence-electron chi connectivity index (χ1n) is 9.67. The van der Waals surface area contributed by atoms with Gasteiger partial charge in [-0.2, -0.15) is 0 Å². The quantitative estimate of drug-likeness (QED) is 0.457. The van der Waals surface area contributed by atoms with Crippen molar-refractivity contribution in [2.75, 3.05) is 41.3 Å². The molecule has 1 aromatic heterocycles. The van der Waals surface area contributed by atoms with E-state index in [0.29, 0.717) is 31.9 Å². The minimum Gasteiger partial charge on any atom is -0.478 e. The molecule has 0 spiro atoms. The van der Waals surface area contributed by atoms with Crippen LogP contribution in [0.4, 0.5) is 28.7 Å². The summed E-state index contributed by atoms with van der Waals surface area (Å²) in [6, 6.07) is 15.9. The van der Waals surface area contributed by atoms with E-state index in [0.717, 1.165) is 5.69 Å². The van der Waals surface area contributed by atoms with Gasteiger partial charge in [0, 0.05) is 37.6 Å². The molecule has 1 fully saturated rings. The van der Waals surface area contributed by atoms with Crippen LogP contribution in [0.25, 0.3) is 0 Å². The van der Waals surface area contributed by atoms with Gasteiger partial charge in [0.05, 0.1) is 10.5 Å². The van der Waals surface area contributed by atoms with E-state index >= 15 is 0 Å². The van der Waals surface area contributed by atoms with Crippen LogP contribution in [-0.2, 0) is 0 Å². The van der Waals surface area contributed by atoms with Crippen molar-refractivity contribution in [1.29, 1.82) is 0 Å². The summed E-state index contributed by atoms with van der Waals surface area (Å²) >= 11 is 0. The van der Waals surface area contributed by atoms with Gasteiger partial charge in [-0.3, -0.25) is 10.1 Å². The Hall–Kier alpha value is -4.21. The molecule has 0 aliphatic carbocycles. The van der Waals surface area contributed by atoms with Crippen LogP contribution in [0.2, 0.25) is 0 Å². The fourth-order valence-corrected chi connectivity index (χ4v) is 3.51. The van der Waals surface area contributed by atoms with Crippen molar-refractivity contribution in [3.63, 3.8) is 0 Å². The van der Waals surface area contributed by atoms with Gasteiger partial charge in [-0.15, -0.1) is 0 Å². The molecule has 1 saturated heterocycles. The predicted molar refractivity (Wildman–Crippen MR) is 116 cm³/mol. The number of anilines is 4. The molecule has 31 heavy (non-hydrogen) atoms. The maximum absolute atomic E-state index is 11.9. The monoisotopic (exact) mass is 420 g/mol. The molecule has 0 unspecified atom stereocenters. The molecule has 0 atom stereocenters. The summed E-state index contributed by atoms with van der Waals surface area (Å²) in [7, 11) is 0. The third kappa shape index (κ3) is 4.37. The molecule has 2 aromatic carbocycles. The number of carboxylic acid groups (broad SMARTS) is 1. The van der Waals surface area contributed by atoms with Gasteiger partial charge in [-0.1, -0.05) is 18.2 Å². The highest BCUT2D eigenvalue weighted by Gasteiger charge is 2.29. The second kappa shape index (κ2) is 8.66. The summed E-state index contributed by atoms with van der Waals surface area (Å²) in [6.07, 6.45) is 1.29. The van der Waals surface area contributed by atoms with Gasteiger partial charge in [0.15, 0.2) is 0 Å². The molecule has 10 nitrogen and oxygen atoms in total. The van der Waals surface area contributed by atoms with E-state index in [9.17, 15) is 14.9 Å². The van der Waals surface area contributed by atoms with E-state index in [1.54, 1.807) is 0 Å². The van der Waals surface area contributed by atoms with Crippen LogP contribution in [0.5, 0.6) is 0 Å². The van der Waals surface area contributed by atoms with Crippen LogP contribution in [0.1, 0.15) is 10.4 Å². The third-order valence-corrected chi connectivity index (χ3v) is 5.08. The van der Waals surface area contributed by atoms with Gasteiger partial charge in [0.1, 0.15) is 6.33 Å². The first-order chi connectivity index (χ1) is 15.0. The van der Waals surface area contributed by atoms with E-state index in [1.165, 1.54) is 30.6 Å². The largest absolute Gasteiger partial charge is 0.478 e. The number of carbonyl (C=O) groups is 1. The minimum atomic E-state index is -1.04. The van der Waals surface area contributed by atoms with E-state index in [1.807, 2.05) is 35.2 Å². The number of para-hydroxylation sites is 1. The Balaban J connectivity index is 1.55. The molecule has 1 aliphatic rings. The van der Waals surface area contributed by atoms with Crippen molar-refractivity contribution in [2.45, 2.75) is 0 Å². The molecule has 0 radical (unpaired) electrons. The summed E-state index contributed by atoms with van der Waals surface area (Å²) in [6.45, 7) is 2.59. The second-order valence-electron chi connectivity index (χ2n) is 6.97. The Morgan fingerprint density at radius 2 is 1.61 bits per heavy atom. The maximum atomic E-state index is 11.9. The molecule has 1 aliphatic heterocycles. The molecule has 0 saturated carbocycles. The SMILES string of the molecule is O=C(O)c1ccc(Nc2ncnc(N3CCN(c4ccccc4)CC3)c2[N+](=O)[O-])cc1. The lowest BCUT2D eigenvalue weighted by atomic mass is 10.2. The smallest absolute Gasteiger partial charge is 0.353 e. The van der Waals surface area contributed by atoms with Gasteiger partial charge in [-0.25, -0.2) is 14.8 Å². The van der Waals surface area contributed by atoms with Crippen molar-refractivity contribution in [1.82, 2.24) is 9.97 Å². The zero-order valence-corrected chi connectivity index (χ0v) is 16.5. The van der Waals surface area contributed by atoms with Gasteiger partial charge in [-0.05, 0) is 36.4 Å². The molecule has 2 heterocycles. The van der Waals surface area contributed by atoms with Crippen LogP contribution in [0, 0.1) is 10.1 Å². The van der Waals surface area contributed by atoms with Crippen LogP contribution in [0.3, 0.4) is 0 Å². The fourth-order valence-electron chi connectivity index (χ4n) is 3.51. The summed E-state index contributed by atoms with van der Waals surface area (Å²) in [5.41, 5.74) is 1.52. The number of hydrogen-bond donors (Lipinski definition) is 2. The number of hydrogen-bond acceptors (Lipinski definition) is 8. The van der Waals surface area contributed by atoms with Crippen molar-refractivity contribution >= 4 is 34.7 Å². The molecule has 0 amide bonds. The van der Waals surface area contributed by atoms with Crippen LogP contribution >= 0.6 is 0 Å². The summed E-state index contributed by atoms with van der Waals surface area (Å²) in [5.74, 6) is -0.725. The van der Waals surface area contributed by atoms with E-state index in [-0.39, 0.29) is 22.9 Å². The van der Waals surface area contributed by atoms with Crippen LogP contribution in [-0.4, -0.2) is 52.1 Å². The van der Waals surface area contributed by atoms with Crippen LogP contribution in [0.15, 0.2) is 60.9 Å². The minimum absolute atomic E-state index is 0.0589. The molecule has 4 rings (SSSR count). The van der Waals surface area contributed by atoms with Gasteiger partial charge < -0.3 is 20.2 Å². The first-order valence-corrected chi connectivity index (χ1v) is 9.67. The number of aromatic carboxylic acids is 1. The van der Waals surface area contributed by atoms with Crippen molar-refractivity contribution in [3.8, 4) is 0 Å². The topological polar surface area (TPSA) is 125 Å². The van der Waals surface area contributed by atoms with Gasteiger partial charge >= 0.3 is 11.7 Å². The third-order valence-electron chi connectivity index (χ3n) is 5.08. The predicted octanol–water partition coefficient (Wildman–Crippen LogP) is 3.15. The summed E-state index contributed by atoms with van der Waals surface area (Å²) in [4.78, 5) is 34.8. The average Bonchev–Trinajstić information content (AvgIpc) is 2.80. The number of piperazine rings is 1. The highest BCUT2D eigenvalue weighted by atomic mass is 16.6. The summed E-state index contributed by atoms with van der Waals surface area (Å²) < 4.78 is 0. The molecular weight excluding hydrogens is 400 g/mol. The Bertz CT molecular complexity index is 1080. The number of rotatable bonds is 6. The second-order valence-corrected chi connectivity index (χ2v) is 6.97. The number of nitrogens with zero attached hydrogens (tertiary/aromatic N) is 5. The molecule has 158 valence electrons. The zero-order valence-electron chi connectivity index (χ0n) is 16.5. The highest BCUT2D eigenvalue weighted by Crippen LogP contribution is 2.34. The van der Waals surface area contributed by atoms with Gasteiger partial charge in [0.2, 0.25) is 11.6 Å². The number of carboxylic acids is 1. The Morgan fingerprint density at radius 3 is 2.23 bits per heavy atom. The lowest BCUT2D eigenvalue weighted by Gasteiger charge is -2.36. The zero-order chi connectivity index (χ0) is 21.8. The molecule has 3 aromatic rings. The van der Waals surface area contributed by atoms with Gasteiger partial charge in [0.25, 0.3) is 0 Å². The first kappa shape index (κ1) is 20.1. The number of nitro groups is 1. The van der Waals surface area contributed by atoms with Crippen molar-refractivity contribution in [3.05, 3.63) is 76.6 Å². The lowest BCUT2D eigenvalue weighted by molar-refractivity contribution is -0.383. The van der Waals surface area contributed by atoms with Crippen LogP contribution < -0.4 is 15.1 Å². The lowest BCUT2D eigenvalue weighted by Crippen LogP contribution is -2.47. The average molecular weight is 420 g/mol. The fraction of sp³-hybridized carbons (Fsp3) is 0.190. The van der Waals surface area contributed by atoms with Crippen molar-refractivity contribution in [2.24, 2.45) is 0 Å². The molecular formula is C21H20N6O4. The normalized spacial score (nSPS) is 13.7. The van der Waals surface area contributed by atoms with Crippen molar-refractivity contribution < 1.29 is 14.8 Å². The molecule has 2 N–H and O–H groups in total. The van der Waals surface area contributed by atoms with E-state index in [2.05, 4.69) is 20.2 Å². The number of aromatic nitrogens is 2. The number of nitrogens with one attached hydrogen (secondary N) is 1. The summed E-state index contributed by atoms with van der Waals surface area (Å²) in [5, 5.41) is 23.8. The van der Waals surface area contributed by atoms with E-state index < -0.39 is 10.9 Å². The Kier molecular flexibility index (Phi) is 5.61. The molecule has 0 bridgehead atoms. The highest BCUT2D eigenvalue weighted by molar-refractivity contribution is 5.88. The Labute approximate surface area is 177 Å². The number of benzene rings is 2. The van der Waals surface area contributed by atoms with E-state index in [4.69, 9.17) is 5.11 Å². The Morgan fingerprint density at radius 1 is 0.968 bits per heavy atom.